The summed E-state index contributed by atoms with van der Waals surface area (Å²) in [4.78, 5) is 20.9. The molecule has 0 bridgehead atoms. The van der Waals surface area contributed by atoms with Crippen LogP contribution in [0.1, 0.15) is 35.2 Å². The zero-order valence-electron chi connectivity index (χ0n) is 9.30. The Morgan fingerprint density at radius 3 is 2.29 bits per heavy atom. The number of allylic oxidation sites excluding steroid dienone is 1. The highest BCUT2D eigenvalue weighted by Gasteiger charge is 1.99. The lowest BCUT2D eigenvalue weighted by atomic mass is 10.1. The van der Waals surface area contributed by atoms with Gasteiger partial charge in [-0.25, -0.2) is 4.79 Å². The van der Waals surface area contributed by atoms with Crippen molar-refractivity contribution in [3.05, 3.63) is 41.5 Å². The normalized spacial score (nSPS) is 10.6. The van der Waals surface area contributed by atoms with Crippen molar-refractivity contribution in [2.45, 2.75) is 19.3 Å². The Morgan fingerprint density at radius 2 is 1.76 bits per heavy atom. The molecule has 0 atom stereocenters. The summed E-state index contributed by atoms with van der Waals surface area (Å²) in [5.74, 6) is -1.73. The summed E-state index contributed by atoms with van der Waals surface area (Å²) in [6.45, 7) is 0. The third-order valence-corrected chi connectivity index (χ3v) is 2.23. The average molecular weight is 234 g/mol. The van der Waals surface area contributed by atoms with Gasteiger partial charge in [-0.2, -0.15) is 0 Å². The van der Waals surface area contributed by atoms with Crippen molar-refractivity contribution >= 4 is 18.0 Å². The number of aliphatic carboxylic acids is 1. The van der Waals surface area contributed by atoms with E-state index in [2.05, 4.69) is 0 Å². The van der Waals surface area contributed by atoms with Gasteiger partial charge < -0.3 is 10.2 Å². The zero-order chi connectivity index (χ0) is 12.7. The largest absolute Gasteiger partial charge is 0.481 e. The molecule has 0 spiro atoms. The van der Waals surface area contributed by atoms with E-state index in [1.165, 1.54) is 0 Å². The number of unbranched alkanes of at least 4 members (excludes halogenated alkanes) is 1. The van der Waals surface area contributed by atoms with E-state index in [-0.39, 0.29) is 12.0 Å². The molecular formula is C13H14O4. The van der Waals surface area contributed by atoms with E-state index in [4.69, 9.17) is 10.2 Å². The van der Waals surface area contributed by atoms with Crippen LogP contribution >= 0.6 is 0 Å². The van der Waals surface area contributed by atoms with Crippen LogP contribution in [0.4, 0.5) is 0 Å². The molecule has 0 aromatic heterocycles. The molecule has 0 saturated heterocycles. The summed E-state index contributed by atoms with van der Waals surface area (Å²) in [5.41, 5.74) is 1.17. The third-order valence-electron chi connectivity index (χ3n) is 2.23. The van der Waals surface area contributed by atoms with Crippen molar-refractivity contribution in [2.75, 3.05) is 0 Å². The van der Waals surface area contributed by atoms with E-state index in [0.717, 1.165) is 5.56 Å². The Hall–Kier alpha value is -2.10. The molecule has 0 heterocycles. The molecule has 4 nitrogen and oxygen atoms in total. The predicted octanol–water partition coefficient (Wildman–Crippen LogP) is 2.65. The lowest BCUT2D eigenvalue weighted by molar-refractivity contribution is -0.137. The number of carboxylic acid groups (broad SMARTS) is 2. The fourth-order valence-corrected chi connectivity index (χ4v) is 1.33. The van der Waals surface area contributed by atoms with E-state index in [9.17, 15) is 9.59 Å². The molecule has 1 aromatic carbocycles. The molecule has 0 aliphatic heterocycles. The van der Waals surface area contributed by atoms with Crippen molar-refractivity contribution in [1.82, 2.24) is 0 Å². The Kier molecular flexibility index (Phi) is 4.94. The molecule has 90 valence electrons. The number of rotatable bonds is 6. The molecule has 0 saturated carbocycles. The highest BCUT2D eigenvalue weighted by molar-refractivity contribution is 5.87. The van der Waals surface area contributed by atoms with E-state index >= 15 is 0 Å². The summed E-state index contributed by atoms with van der Waals surface area (Å²) < 4.78 is 0. The second-order valence-electron chi connectivity index (χ2n) is 3.62. The minimum atomic E-state index is -0.943. The molecule has 0 amide bonds. The highest BCUT2D eigenvalue weighted by Crippen LogP contribution is 2.07. The Bertz CT molecular complexity index is 418. The number of carboxylic acids is 2. The Balaban J connectivity index is 2.43. The van der Waals surface area contributed by atoms with Crippen LogP contribution in [0.15, 0.2) is 30.3 Å². The smallest absolute Gasteiger partial charge is 0.335 e. The summed E-state index contributed by atoms with van der Waals surface area (Å²) in [5, 5.41) is 17.1. The minimum Gasteiger partial charge on any atom is -0.481 e. The van der Waals surface area contributed by atoms with Gasteiger partial charge in [-0.15, -0.1) is 0 Å². The van der Waals surface area contributed by atoms with Gasteiger partial charge >= 0.3 is 11.9 Å². The lowest BCUT2D eigenvalue weighted by Crippen LogP contribution is -1.94. The van der Waals surface area contributed by atoms with Crippen LogP contribution < -0.4 is 0 Å². The SMILES string of the molecule is O=C(O)CCC/C=C/c1ccc(C(=O)O)cc1. The maximum Gasteiger partial charge on any atom is 0.335 e. The van der Waals surface area contributed by atoms with Crippen LogP contribution in [0.5, 0.6) is 0 Å². The third kappa shape index (κ3) is 4.97. The zero-order valence-corrected chi connectivity index (χ0v) is 9.30. The quantitative estimate of drug-likeness (QED) is 0.742. The predicted molar refractivity (Wildman–Crippen MR) is 63.9 cm³/mol. The van der Waals surface area contributed by atoms with Gasteiger partial charge in [0.25, 0.3) is 0 Å². The molecule has 17 heavy (non-hydrogen) atoms. The minimum absolute atomic E-state index is 0.169. The van der Waals surface area contributed by atoms with Crippen LogP contribution in [0.2, 0.25) is 0 Å². The number of hydrogen-bond donors (Lipinski definition) is 2. The molecule has 0 unspecified atom stereocenters. The first-order valence-electron chi connectivity index (χ1n) is 5.31. The molecule has 1 aromatic rings. The summed E-state index contributed by atoms with van der Waals surface area (Å²) in [7, 11) is 0. The van der Waals surface area contributed by atoms with Crippen LogP contribution in [0.25, 0.3) is 6.08 Å². The van der Waals surface area contributed by atoms with E-state index in [0.29, 0.717) is 12.8 Å². The summed E-state index contributed by atoms with van der Waals surface area (Å²) in [6.07, 6.45) is 5.22. The Labute approximate surface area is 99.2 Å². The molecule has 1 rings (SSSR count). The first kappa shape index (κ1) is 13.0. The van der Waals surface area contributed by atoms with Crippen LogP contribution in [0.3, 0.4) is 0 Å². The van der Waals surface area contributed by atoms with Crippen molar-refractivity contribution in [3.8, 4) is 0 Å². The molecule has 0 fully saturated rings. The second kappa shape index (κ2) is 6.48. The first-order chi connectivity index (χ1) is 8.09. The standard InChI is InChI=1S/C13H14O4/c14-12(15)5-3-1-2-4-10-6-8-11(9-7-10)13(16)17/h2,4,6-9H,1,3,5H2,(H,14,15)(H,16,17)/b4-2+. The van der Waals surface area contributed by atoms with E-state index in [1.54, 1.807) is 24.3 Å². The van der Waals surface area contributed by atoms with Crippen LogP contribution in [-0.2, 0) is 4.79 Å². The van der Waals surface area contributed by atoms with Crippen LogP contribution in [-0.4, -0.2) is 22.2 Å². The lowest BCUT2D eigenvalue weighted by Gasteiger charge is -1.96. The molecule has 2 N–H and O–H groups in total. The number of benzene rings is 1. The fraction of sp³-hybridized carbons (Fsp3) is 0.231. The van der Waals surface area contributed by atoms with E-state index in [1.807, 2.05) is 12.2 Å². The number of hydrogen-bond acceptors (Lipinski definition) is 2. The summed E-state index contributed by atoms with van der Waals surface area (Å²) >= 11 is 0. The monoisotopic (exact) mass is 234 g/mol. The maximum absolute atomic E-state index is 10.6. The first-order valence-corrected chi connectivity index (χ1v) is 5.31. The topological polar surface area (TPSA) is 74.6 Å². The molecule has 0 radical (unpaired) electrons. The van der Waals surface area contributed by atoms with Gasteiger partial charge in [0.15, 0.2) is 0 Å². The number of aromatic carboxylic acids is 1. The van der Waals surface area contributed by atoms with Gasteiger partial charge in [-0.1, -0.05) is 24.3 Å². The highest BCUT2D eigenvalue weighted by atomic mass is 16.4. The van der Waals surface area contributed by atoms with Crippen molar-refractivity contribution in [3.63, 3.8) is 0 Å². The van der Waals surface area contributed by atoms with E-state index < -0.39 is 11.9 Å². The van der Waals surface area contributed by atoms with Gasteiger partial charge in [0.05, 0.1) is 5.56 Å². The van der Waals surface area contributed by atoms with Crippen molar-refractivity contribution in [2.24, 2.45) is 0 Å². The van der Waals surface area contributed by atoms with Gasteiger partial charge in [0, 0.05) is 6.42 Å². The van der Waals surface area contributed by atoms with Gasteiger partial charge in [-0.3, -0.25) is 4.79 Å². The fourth-order valence-electron chi connectivity index (χ4n) is 1.33. The molecule has 0 aliphatic carbocycles. The van der Waals surface area contributed by atoms with Crippen molar-refractivity contribution < 1.29 is 19.8 Å². The average Bonchev–Trinajstić information content (AvgIpc) is 2.29. The summed E-state index contributed by atoms with van der Waals surface area (Å²) in [6, 6.07) is 6.52. The van der Waals surface area contributed by atoms with Gasteiger partial charge in [-0.05, 0) is 30.5 Å². The maximum atomic E-state index is 10.6. The second-order valence-corrected chi connectivity index (χ2v) is 3.62. The number of carbonyl (C=O) groups is 2. The Morgan fingerprint density at radius 1 is 1.12 bits per heavy atom. The van der Waals surface area contributed by atoms with Crippen LogP contribution in [0, 0.1) is 0 Å². The molecule has 4 heteroatoms. The van der Waals surface area contributed by atoms with Crippen molar-refractivity contribution in [1.29, 1.82) is 0 Å². The van der Waals surface area contributed by atoms with Gasteiger partial charge in [0.1, 0.15) is 0 Å². The molecular weight excluding hydrogens is 220 g/mol. The van der Waals surface area contributed by atoms with Gasteiger partial charge in [0.2, 0.25) is 0 Å². The molecule has 0 aliphatic rings.